The molecule has 0 amide bonds. The van der Waals surface area contributed by atoms with Gasteiger partial charge in [-0.25, -0.2) is 0 Å². The topological polar surface area (TPSA) is 74.9 Å². The number of hydrogen-bond donors (Lipinski definition) is 3. The summed E-state index contributed by atoms with van der Waals surface area (Å²) in [6, 6.07) is 5.42. The molecule has 14 heavy (non-hydrogen) atoms. The number of aromatic amines is 1. The van der Waals surface area contributed by atoms with E-state index in [1.165, 1.54) is 6.20 Å². The van der Waals surface area contributed by atoms with Crippen molar-refractivity contribution in [1.29, 1.82) is 0 Å². The van der Waals surface area contributed by atoms with E-state index in [1.54, 1.807) is 6.07 Å². The molecule has 0 aliphatic carbocycles. The van der Waals surface area contributed by atoms with Gasteiger partial charge in [-0.1, -0.05) is 6.07 Å². The molecule has 1 aromatic carbocycles. The Morgan fingerprint density at radius 1 is 1.43 bits per heavy atom. The lowest BCUT2D eigenvalue weighted by Gasteiger charge is -2.03. The molecule has 0 saturated carbocycles. The van der Waals surface area contributed by atoms with Gasteiger partial charge in [0.05, 0.1) is 17.6 Å². The fourth-order valence-electron chi connectivity index (χ4n) is 1.36. The van der Waals surface area contributed by atoms with Crippen LogP contribution < -0.4 is 5.73 Å². The molecular formula is C10H11N3O. The maximum absolute atomic E-state index is 9.68. The van der Waals surface area contributed by atoms with Crippen LogP contribution in [0.2, 0.25) is 0 Å². The van der Waals surface area contributed by atoms with E-state index in [0.717, 1.165) is 5.56 Å². The van der Waals surface area contributed by atoms with Crippen molar-refractivity contribution in [3.8, 4) is 17.0 Å². The Morgan fingerprint density at radius 2 is 2.21 bits per heavy atom. The highest BCUT2D eigenvalue weighted by molar-refractivity contribution is 5.76. The van der Waals surface area contributed by atoms with Crippen molar-refractivity contribution >= 4 is 5.69 Å². The summed E-state index contributed by atoms with van der Waals surface area (Å²) in [6.45, 7) is 1.92. The number of phenols is 1. The zero-order chi connectivity index (χ0) is 10.1. The number of H-pyrrole nitrogens is 1. The summed E-state index contributed by atoms with van der Waals surface area (Å²) in [6.07, 6.45) is 1.52. The quantitative estimate of drug-likeness (QED) is 0.638. The Hall–Kier alpha value is -1.97. The Bertz CT molecular complexity index is 462. The average molecular weight is 189 g/mol. The number of benzene rings is 1. The molecule has 0 aliphatic heterocycles. The van der Waals surface area contributed by atoms with Gasteiger partial charge in [0.1, 0.15) is 5.75 Å². The van der Waals surface area contributed by atoms with E-state index in [1.807, 2.05) is 19.1 Å². The van der Waals surface area contributed by atoms with E-state index in [-0.39, 0.29) is 5.75 Å². The highest BCUT2D eigenvalue weighted by Gasteiger charge is 2.08. The molecule has 0 unspecified atom stereocenters. The van der Waals surface area contributed by atoms with Crippen LogP contribution in [0.15, 0.2) is 24.4 Å². The smallest absolute Gasteiger partial charge is 0.125 e. The van der Waals surface area contributed by atoms with Gasteiger partial charge in [0.15, 0.2) is 0 Å². The standard InChI is InChI=1S/C10H11N3O/c1-6-2-3-7(9(14)4-6)10-8(11)5-12-13-10/h2-5,14H,11H2,1H3,(H,12,13). The summed E-state index contributed by atoms with van der Waals surface area (Å²) < 4.78 is 0. The normalized spacial score (nSPS) is 10.4. The first kappa shape index (κ1) is 8.62. The van der Waals surface area contributed by atoms with Crippen LogP contribution in [-0.2, 0) is 0 Å². The summed E-state index contributed by atoms with van der Waals surface area (Å²) in [5.74, 6) is 0.209. The third kappa shape index (κ3) is 1.31. The molecule has 0 atom stereocenters. The second-order valence-corrected chi connectivity index (χ2v) is 3.22. The first-order valence-corrected chi connectivity index (χ1v) is 4.27. The molecule has 4 heteroatoms. The van der Waals surface area contributed by atoms with Crippen molar-refractivity contribution in [2.75, 3.05) is 5.73 Å². The van der Waals surface area contributed by atoms with Gasteiger partial charge in [0.25, 0.3) is 0 Å². The van der Waals surface area contributed by atoms with Gasteiger partial charge in [-0.15, -0.1) is 0 Å². The molecule has 4 nitrogen and oxygen atoms in total. The fourth-order valence-corrected chi connectivity index (χ4v) is 1.36. The molecule has 0 radical (unpaired) electrons. The van der Waals surface area contributed by atoms with Crippen LogP contribution in [0.25, 0.3) is 11.3 Å². The van der Waals surface area contributed by atoms with Gasteiger partial charge < -0.3 is 10.8 Å². The lowest BCUT2D eigenvalue weighted by Crippen LogP contribution is -1.87. The number of aromatic hydroxyl groups is 1. The van der Waals surface area contributed by atoms with Gasteiger partial charge in [0, 0.05) is 5.56 Å². The first-order valence-electron chi connectivity index (χ1n) is 4.27. The Kier molecular flexibility index (Phi) is 1.89. The van der Waals surface area contributed by atoms with Gasteiger partial charge in [-0.2, -0.15) is 5.10 Å². The zero-order valence-electron chi connectivity index (χ0n) is 7.78. The minimum atomic E-state index is 0.209. The number of aromatic nitrogens is 2. The van der Waals surface area contributed by atoms with E-state index in [9.17, 15) is 5.11 Å². The van der Waals surface area contributed by atoms with E-state index >= 15 is 0 Å². The minimum Gasteiger partial charge on any atom is -0.507 e. The van der Waals surface area contributed by atoms with Gasteiger partial charge in [-0.3, -0.25) is 5.10 Å². The molecule has 72 valence electrons. The van der Waals surface area contributed by atoms with Crippen LogP contribution >= 0.6 is 0 Å². The number of anilines is 1. The predicted molar refractivity (Wildman–Crippen MR) is 54.8 cm³/mol. The van der Waals surface area contributed by atoms with Gasteiger partial charge in [-0.05, 0) is 24.6 Å². The Balaban J connectivity index is 2.58. The third-order valence-corrected chi connectivity index (χ3v) is 2.09. The molecule has 1 aromatic heterocycles. The highest BCUT2D eigenvalue weighted by atomic mass is 16.3. The van der Waals surface area contributed by atoms with Gasteiger partial charge >= 0.3 is 0 Å². The SMILES string of the molecule is Cc1ccc(-c2[nH]ncc2N)c(O)c1. The van der Waals surface area contributed by atoms with Crippen molar-refractivity contribution in [3.63, 3.8) is 0 Å². The number of aryl methyl sites for hydroxylation is 1. The zero-order valence-corrected chi connectivity index (χ0v) is 7.78. The number of nitrogen functional groups attached to an aromatic ring is 1. The van der Waals surface area contributed by atoms with Crippen LogP contribution in [0.5, 0.6) is 5.75 Å². The molecular weight excluding hydrogens is 178 g/mol. The molecule has 1 heterocycles. The van der Waals surface area contributed by atoms with Crippen molar-refractivity contribution in [2.24, 2.45) is 0 Å². The van der Waals surface area contributed by atoms with E-state index in [2.05, 4.69) is 10.2 Å². The largest absolute Gasteiger partial charge is 0.507 e. The summed E-state index contributed by atoms with van der Waals surface area (Å²) >= 11 is 0. The highest BCUT2D eigenvalue weighted by Crippen LogP contribution is 2.31. The van der Waals surface area contributed by atoms with Crippen LogP contribution in [0.4, 0.5) is 5.69 Å². The van der Waals surface area contributed by atoms with Crippen LogP contribution in [-0.4, -0.2) is 15.3 Å². The average Bonchev–Trinajstić information content (AvgIpc) is 2.52. The number of nitrogens with one attached hydrogen (secondary N) is 1. The molecule has 0 bridgehead atoms. The molecule has 0 fully saturated rings. The molecule has 2 aromatic rings. The van der Waals surface area contributed by atoms with E-state index in [4.69, 9.17) is 5.73 Å². The Morgan fingerprint density at radius 3 is 2.79 bits per heavy atom. The molecule has 0 spiro atoms. The first-order chi connectivity index (χ1) is 6.68. The van der Waals surface area contributed by atoms with Gasteiger partial charge in [0.2, 0.25) is 0 Å². The van der Waals surface area contributed by atoms with E-state index < -0.39 is 0 Å². The number of hydrogen-bond acceptors (Lipinski definition) is 3. The number of nitrogens with two attached hydrogens (primary N) is 1. The lowest BCUT2D eigenvalue weighted by atomic mass is 10.1. The second kappa shape index (κ2) is 3.06. The second-order valence-electron chi connectivity index (χ2n) is 3.22. The molecule has 0 saturated heterocycles. The predicted octanol–water partition coefficient (Wildman–Crippen LogP) is 1.67. The number of rotatable bonds is 1. The van der Waals surface area contributed by atoms with E-state index in [0.29, 0.717) is 16.9 Å². The molecule has 4 N–H and O–H groups in total. The maximum Gasteiger partial charge on any atom is 0.125 e. The summed E-state index contributed by atoms with van der Waals surface area (Å²) in [4.78, 5) is 0. The third-order valence-electron chi connectivity index (χ3n) is 2.09. The van der Waals surface area contributed by atoms with Crippen molar-refractivity contribution < 1.29 is 5.11 Å². The van der Waals surface area contributed by atoms with Crippen molar-refractivity contribution in [1.82, 2.24) is 10.2 Å². The van der Waals surface area contributed by atoms with Crippen molar-refractivity contribution in [2.45, 2.75) is 6.92 Å². The summed E-state index contributed by atoms with van der Waals surface area (Å²) in [7, 11) is 0. The summed E-state index contributed by atoms with van der Waals surface area (Å²) in [5, 5.41) is 16.2. The fraction of sp³-hybridized carbons (Fsp3) is 0.100. The van der Waals surface area contributed by atoms with Crippen LogP contribution in [0, 0.1) is 6.92 Å². The monoisotopic (exact) mass is 189 g/mol. The number of phenolic OH excluding ortho intramolecular Hbond substituents is 1. The summed E-state index contributed by atoms with van der Waals surface area (Å²) in [5.41, 5.74) is 8.54. The maximum atomic E-state index is 9.68. The molecule has 2 rings (SSSR count). The van der Waals surface area contributed by atoms with Crippen LogP contribution in [0.3, 0.4) is 0 Å². The number of nitrogens with zero attached hydrogens (tertiary/aromatic N) is 1. The van der Waals surface area contributed by atoms with Crippen LogP contribution in [0.1, 0.15) is 5.56 Å². The van der Waals surface area contributed by atoms with Crippen molar-refractivity contribution in [3.05, 3.63) is 30.0 Å². The molecule has 0 aliphatic rings. The lowest BCUT2D eigenvalue weighted by molar-refractivity contribution is 0.476. The Labute approximate surface area is 81.4 Å². The minimum absolute atomic E-state index is 0.209.